The minimum Gasteiger partial charge on any atom is -0.394 e. The number of hydrogen-bond donors (Lipinski definition) is 3. The normalized spacial score (nSPS) is 13.7. The molecular weight excluding hydrogens is 232 g/mol. The fourth-order valence-electron chi connectivity index (χ4n) is 1.64. The largest absolute Gasteiger partial charge is 0.394 e. The number of benzene rings is 1. The summed E-state index contributed by atoms with van der Waals surface area (Å²) in [5, 5.41) is 14.7. The number of amides is 2. The fourth-order valence-corrected chi connectivity index (χ4v) is 1.64. The van der Waals surface area contributed by atoms with Crippen molar-refractivity contribution in [2.75, 3.05) is 20.3 Å². The highest BCUT2D eigenvalue weighted by atomic mass is 16.5. The van der Waals surface area contributed by atoms with E-state index in [0.29, 0.717) is 6.61 Å². The van der Waals surface area contributed by atoms with Crippen LogP contribution >= 0.6 is 0 Å². The van der Waals surface area contributed by atoms with Crippen LogP contribution in [0.4, 0.5) is 4.79 Å². The van der Waals surface area contributed by atoms with Crippen molar-refractivity contribution in [2.45, 2.75) is 19.0 Å². The summed E-state index contributed by atoms with van der Waals surface area (Å²) in [5.74, 6) is 0. The number of hydrogen-bond acceptors (Lipinski definition) is 3. The summed E-state index contributed by atoms with van der Waals surface area (Å²) in [7, 11) is 1.58. The molecule has 100 valence electrons. The molecule has 0 aliphatic carbocycles. The Labute approximate surface area is 107 Å². The molecule has 0 bridgehead atoms. The van der Waals surface area contributed by atoms with Crippen molar-refractivity contribution in [1.29, 1.82) is 0 Å². The van der Waals surface area contributed by atoms with E-state index in [0.717, 1.165) is 5.56 Å². The number of ether oxygens (including phenoxy) is 1. The molecule has 0 aliphatic rings. The van der Waals surface area contributed by atoms with E-state index in [1.165, 1.54) is 0 Å². The van der Waals surface area contributed by atoms with Crippen molar-refractivity contribution >= 4 is 6.03 Å². The minimum absolute atomic E-state index is 0.0786. The smallest absolute Gasteiger partial charge is 0.315 e. The monoisotopic (exact) mass is 252 g/mol. The first-order valence-electron chi connectivity index (χ1n) is 5.89. The van der Waals surface area contributed by atoms with Gasteiger partial charge < -0.3 is 20.5 Å². The molecule has 3 N–H and O–H groups in total. The third-order valence-corrected chi connectivity index (χ3v) is 2.48. The van der Waals surface area contributed by atoms with Gasteiger partial charge in [0.25, 0.3) is 0 Å². The van der Waals surface area contributed by atoms with Crippen LogP contribution in [0.3, 0.4) is 0 Å². The van der Waals surface area contributed by atoms with Gasteiger partial charge in [-0.25, -0.2) is 4.79 Å². The number of urea groups is 1. The molecule has 5 nitrogen and oxygen atoms in total. The molecule has 0 aliphatic heterocycles. The third-order valence-electron chi connectivity index (χ3n) is 2.48. The molecule has 1 aromatic carbocycles. The molecule has 5 heteroatoms. The van der Waals surface area contributed by atoms with Crippen LogP contribution in [0.1, 0.15) is 18.5 Å². The molecule has 2 atom stereocenters. The lowest BCUT2D eigenvalue weighted by atomic mass is 10.1. The number of rotatable bonds is 6. The Kier molecular flexibility index (Phi) is 6.18. The summed E-state index contributed by atoms with van der Waals surface area (Å²) in [6.45, 7) is 2.15. The quantitative estimate of drug-likeness (QED) is 0.709. The number of aliphatic hydroxyl groups is 1. The molecule has 1 unspecified atom stereocenters. The first-order valence-corrected chi connectivity index (χ1v) is 5.89. The number of carbonyl (C=O) groups is 1. The van der Waals surface area contributed by atoms with Gasteiger partial charge in [0.05, 0.1) is 25.3 Å². The van der Waals surface area contributed by atoms with E-state index in [1.54, 1.807) is 7.11 Å². The second-order valence-electron chi connectivity index (χ2n) is 4.12. The van der Waals surface area contributed by atoms with Crippen LogP contribution in [-0.2, 0) is 4.74 Å². The summed E-state index contributed by atoms with van der Waals surface area (Å²) in [6.07, 6.45) is 0. The highest BCUT2D eigenvalue weighted by Gasteiger charge is 2.14. The molecule has 0 saturated carbocycles. The fraction of sp³-hybridized carbons (Fsp3) is 0.462. The molecule has 0 spiro atoms. The van der Waals surface area contributed by atoms with Crippen molar-refractivity contribution in [3.8, 4) is 0 Å². The van der Waals surface area contributed by atoms with Crippen LogP contribution in [0.2, 0.25) is 0 Å². The second-order valence-corrected chi connectivity index (χ2v) is 4.12. The van der Waals surface area contributed by atoms with Crippen LogP contribution in [-0.4, -0.2) is 37.5 Å². The van der Waals surface area contributed by atoms with Gasteiger partial charge in [-0.1, -0.05) is 30.3 Å². The molecule has 18 heavy (non-hydrogen) atoms. The van der Waals surface area contributed by atoms with Crippen LogP contribution in [0, 0.1) is 0 Å². The van der Waals surface area contributed by atoms with E-state index in [9.17, 15) is 9.90 Å². The van der Waals surface area contributed by atoms with Gasteiger partial charge in [0.15, 0.2) is 0 Å². The summed E-state index contributed by atoms with van der Waals surface area (Å²) in [6, 6.07) is 8.54. The second kappa shape index (κ2) is 7.68. The highest BCUT2D eigenvalue weighted by Crippen LogP contribution is 2.11. The average Bonchev–Trinajstić information content (AvgIpc) is 2.37. The number of carbonyl (C=O) groups excluding carboxylic acids is 1. The molecule has 0 aromatic heterocycles. The van der Waals surface area contributed by atoms with E-state index in [1.807, 2.05) is 37.3 Å². The van der Waals surface area contributed by atoms with E-state index in [4.69, 9.17) is 4.74 Å². The Bertz CT molecular complexity index is 357. The van der Waals surface area contributed by atoms with Gasteiger partial charge in [-0.15, -0.1) is 0 Å². The van der Waals surface area contributed by atoms with Gasteiger partial charge in [-0.2, -0.15) is 0 Å². The molecular formula is C13H20N2O3. The maximum absolute atomic E-state index is 11.7. The SMILES string of the molecule is COCC(C)NC(=O)N[C@H](CO)c1ccccc1. The van der Waals surface area contributed by atoms with Crippen LogP contribution in [0.25, 0.3) is 0 Å². The lowest BCUT2D eigenvalue weighted by Gasteiger charge is -2.19. The van der Waals surface area contributed by atoms with Gasteiger partial charge in [0, 0.05) is 7.11 Å². The standard InChI is InChI=1S/C13H20N2O3/c1-10(9-18-2)14-13(17)15-12(8-16)11-6-4-3-5-7-11/h3-7,10,12,16H,8-9H2,1-2H3,(H2,14,15,17)/t10?,12-/m1/s1. The van der Waals surface area contributed by atoms with Gasteiger partial charge in [0.2, 0.25) is 0 Å². The Morgan fingerprint density at radius 1 is 1.33 bits per heavy atom. The first-order chi connectivity index (χ1) is 8.67. The van der Waals surface area contributed by atoms with Crippen LogP contribution in [0.5, 0.6) is 0 Å². The zero-order valence-electron chi connectivity index (χ0n) is 10.7. The minimum atomic E-state index is -0.402. The van der Waals surface area contributed by atoms with E-state index >= 15 is 0 Å². The number of nitrogens with one attached hydrogen (secondary N) is 2. The van der Waals surface area contributed by atoms with Gasteiger partial charge in [-0.05, 0) is 12.5 Å². The molecule has 1 aromatic rings. The first kappa shape index (κ1) is 14.5. The summed E-state index contributed by atoms with van der Waals surface area (Å²) < 4.78 is 4.93. The Morgan fingerprint density at radius 2 is 2.00 bits per heavy atom. The van der Waals surface area contributed by atoms with Crippen molar-refractivity contribution < 1.29 is 14.6 Å². The average molecular weight is 252 g/mol. The predicted octanol–water partition coefficient (Wildman–Crippen LogP) is 1.05. The topological polar surface area (TPSA) is 70.6 Å². The van der Waals surface area contributed by atoms with Crippen molar-refractivity contribution in [2.24, 2.45) is 0 Å². The molecule has 0 saturated heterocycles. The lowest BCUT2D eigenvalue weighted by molar-refractivity contribution is 0.168. The molecule has 1 rings (SSSR count). The molecule has 2 amide bonds. The van der Waals surface area contributed by atoms with Gasteiger partial charge in [-0.3, -0.25) is 0 Å². The predicted molar refractivity (Wildman–Crippen MR) is 69.3 cm³/mol. The van der Waals surface area contributed by atoms with Crippen molar-refractivity contribution in [3.05, 3.63) is 35.9 Å². The van der Waals surface area contributed by atoms with Gasteiger partial charge >= 0.3 is 6.03 Å². The molecule has 0 radical (unpaired) electrons. The summed E-state index contributed by atoms with van der Waals surface area (Å²) in [4.78, 5) is 11.7. The lowest BCUT2D eigenvalue weighted by Crippen LogP contribution is -2.44. The molecule has 0 heterocycles. The van der Waals surface area contributed by atoms with Crippen molar-refractivity contribution in [1.82, 2.24) is 10.6 Å². The Hall–Kier alpha value is -1.59. The van der Waals surface area contributed by atoms with Crippen molar-refractivity contribution in [3.63, 3.8) is 0 Å². The number of methoxy groups -OCH3 is 1. The molecule has 0 fully saturated rings. The number of aliphatic hydroxyl groups excluding tert-OH is 1. The maximum atomic E-state index is 11.7. The summed E-state index contributed by atoms with van der Waals surface area (Å²) in [5.41, 5.74) is 0.870. The van der Waals surface area contributed by atoms with Gasteiger partial charge in [0.1, 0.15) is 0 Å². The van der Waals surface area contributed by atoms with E-state index in [-0.39, 0.29) is 18.7 Å². The summed E-state index contributed by atoms with van der Waals surface area (Å²) >= 11 is 0. The Morgan fingerprint density at radius 3 is 2.56 bits per heavy atom. The zero-order valence-corrected chi connectivity index (χ0v) is 10.7. The van der Waals surface area contributed by atoms with Crippen LogP contribution in [0.15, 0.2) is 30.3 Å². The van der Waals surface area contributed by atoms with E-state index < -0.39 is 6.04 Å². The maximum Gasteiger partial charge on any atom is 0.315 e. The van der Waals surface area contributed by atoms with E-state index in [2.05, 4.69) is 10.6 Å². The highest BCUT2D eigenvalue weighted by molar-refractivity contribution is 5.74. The van der Waals surface area contributed by atoms with Crippen LogP contribution < -0.4 is 10.6 Å². The zero-order chi connectivity index (χ0) is 13.4. The Balaban J connectivity index is 2.51. The third kappa shape index (κ3) is 4.73.